The summed E-state index contributed by atoms with van der Waals surface area (Å²) in [4.78, 5) is 13.5. The second-order valence-electron chi connectivity index (χ2n) is 3.87. The Bertz CT molecular complexity index is 501. The van der Waals surface area contributed by atoms with E-state index in [-0.39, 0.29) is 5.78 Å². The van der Waals surface area contributed by atoms with E-state index in [1.165, 1.54) is 21.3 Å². The Labute approximate surface area is 113 Å². The highest BCUT2D eigenvalue weighted by Gasteiger charge is 2.15. The number of ether oxygens (including phenoxy) is 3. The van der Waals surface area contributed by atoms with Crippen LogP contribution in [0.2, 0.25) is 0 Å². The molecule has 0 saturated heterocycles. The molecular weight excluding hydrogens is 246 g/mol. The van der Waals surface area contributed by atoms with Gasteiger partial charge in [-0.25, -0.2) is 0 Å². The van der Waals surface area contributed by atoms with Crippen LogP contribution in [-0.4, -0.2) is 46.1 Å². The fraction of sp³-hybridized carbons (Fsp3) is 0.357. The van der Waals surface area contributed by atoms with E-state index in [1.54, 1.807) is 31.1 Å². The molecule has 0 N–H and O–H groups in total. The van der Waals surface area contributed by atoms with Crippen molar-refractivity contribution in [2.45, 2.75) is 0 Å². The molecule has 0 amide bonds. The van der Waals surface area contributed by atoms with Gasteiger partial charge >= 0.3 is 0 Å². The van der Waals surface area contributed by atoms with E-state index in [4.69, 9.17) is 14.2 Å². The highest BCUT2D eigenvalue weighted by Crippen LogP contribution is 2.38. The first-order chi connectivity index (χ1) is 9.03. The van der Waals surface area contributed by atoms with E-state index in [2.05, 4.69) is 12.0 Å². The molecular formula is C14H17NO4. The molecule has 0 spiro atoms. The Balaban J connectivity index is 3.24. The molecule has 5 heteroatoms. The topological polar surface area (TPSA) is 48.0 Å². The van der Waals surface area contributed by atoms with Crippen LogP contribution >= 0.6 is 0 Å². The zero-order valence-corrected chi connectivity index (χ0v) is 11.7. The molecule has 0 aromatic heterocycles. The molecule has 0 aliphatic rings. The molecule has 0 saturated carbocycles. The van der Waals surface area contributed by atoms with Crippen molar-refractivity contribution in [1.82, 2.24) is 4.90 Å². The Morgan fingerprint density at radius 1 is 1.05 bits per heavy atom. The first-order valence-corrected chi connectivity index (χ1v) is 5.56. The van der Waals surface area contributed by atoms with Gasteiger partial charge in [-0.3, -0.25) is 4.79 Å². The molecule has 1 aromatic rings. The van der Waals surface area contributed by atoms with Crippen LogP contribution in [0.25, 0.3) is 0 Å². The number of ketones is 1. The van der Waals surface area contributed by atoms with Crippen molar-refractivity contribution in [1.29, 1.82) is 0 Å². The van der Waals surface area contributed by atoms with Crippen molar-refractivity contribution in [2.75, 3.05) is 35.4 Å². The molecule has 0 radical (unpaired) electrons. The third-order valence-corrected chi connectivity index (χ3v) is 2.32. The van der Waals surface area contributed by atoms with Gasteiger partial charge in [-0.1, -0.05) is 0 Å². The van der Waals surface area contributed by atoms with E-state index in [0.29, 0.717) is 22.8 Å². The van der Waals surface area contributed by atoms with Crippen LogP contribution in [0.15, 0.2) is 12.1 Å². The van der Waals surface area contributed by atoms with E-state index < -0.39 is 0 Å². The van der Waals surface area contributed by atoms with E-state index in [9.17, 15) is 4.79 Å². The van der Waals surface area contributed by atoms with Gasteiger partial charge in [0.2, 0.25) is 11.5 Å². The molecule has 0 atom stereocenters. The maximum absolute atomic E-state index is 11.9. The highest BCUT2D eigenvalue weighted by atomic mass is 16.5. The Kier molecular flexibility index (Phi) is 5.07. The zero-order valence-electron chi connectivity index (χ0n) is 11.7. The highest BCUT2D eigenvalue weighted by molar-refractivity contribution is 6.09. The van der Waals surface area contributed by atoms with Gasteiger partial charge in [0.05, 0.1) is 21.3 Å². The summed E-state index contributed by atoms with van der Waals surface area (Å²) in [5.74, 6) is 3.51. The first kappa shape index (κ1) is 14.7. The van der Waals surface area contributed by atoms with E-state index in [1.807, 2.05) is 0 Å². The Morgan fingerprint density at radius 3 is 1.95 bits per heavy atom. The van der Waals surface area contributed by atoms with Crippen LogP contribution in [0, 0.1) is 12.0 Å². The average molecular weight is 263 g/mol. The molecule has 1 aromatic carbocycles. The molecule has 0 fully saturated rings. The summed E-state index contributed by atoms with van der Waals surface area (Å²) >= 11 is 0. The lowest BCUT2D eigenvalue weighted by atomic mass is 10.1. The van der Waals surface area contributed by atoms with Gasteiger partial charge in [0.15, 0.2) is 11.5 Å². The maximum Gasteiger partial charge on any atom is 0.237 e. The van der Waals surface area contributed by atoms with Gasteiger partial charge < -0.3 is 19.1 Å². The van der Waals surface area contributed by atoms with Gasteiger partial charge in [-0.2, -0.15) is 0 Å². The molecule has 1 rings (SSSR count). The number of hydrogen-bond acceptors (Lipinski definition) is 5. The van der Waals surface area contributed by atoms with E-state index >= 15 is 0 Å². The molecule has 102 valence electrons. The summed E-state index contributed by atoms with van der Waals surface area (Å²) in [5, 5.41) is 0. The van der Waals surface area contributed by atoms with Crippen molar-refractivity contribution in [3.8, 4) is 29.2 Å². The summed E-state index contributed by atoms with van der Waals surface area (Å²) in [7, 11) is 8.02. The molecule has 5 nitrogen and oxygen atoms in total. The average Bonchev–Trinajstić information content (AvgIpc) is 2.42. The van der Waals surface area contributed by atoms with Crippen molar-refractivity contribution < 1.29 is 19.0 Å². The Hall–Kier alpha value is -2.35. The number of benzene rings is 1. The van der Waals surface area contributed by atoms with Crippen molar-refractivity contribution in [2.24, 2.45) is 0 Å². The predicted molar refractivity (Wildman–Crippen MR) is 71.9 cm³/mol. The van der Waals surface area contributed by atoms with Gasteiger partial charge in [0, 0.05) is 25.7 Å². The minimum atomic E-state index is -0.312. The second kappa shape index (κ2) is 6.55. The smallest absolute Gasteiger partial charge is 0.237 e. The number of methoxy groups -OCH3 is 3. The van der Waals surface area contributed by atoms with Crippen LogP contribution in [-0.2, 0) is 0 Å². The molecule has 0 heterocycles. The van der Waals surface area contributed by atoms with Gasteiger partial charge in [-0.15, -0.1) is 0 Å². The van der Waals surface area contributed by atoms with Crippen molar-refractivity contribution in [3.63, 3.8) is 0 Å². The van der Waals surface area contributed by atoms with Gasteiger partial charge in [0.25, 0.3) is 0 Å². The molecule has 19 heavy (non-hydrogen) atoms. The minimum absolute atomic E-state index is 0.312. The summed E-state index contributed by atoms with van der Waals surface area (Å²) in [6.07, 6.45) is 0. The third-order valence-electron chi connectivity index (χ3n) is 2.32. The SMILES string of the molecule is COc1cc(C(=O)C#CN(C)C)cc(OC)c1OC. The number of rotatable bonds is 4. The maximum atomic E-state index is 11.9. The van der Waals surface area contributed by atoms with Crippen LogP contribution < -0.4 is 14.2 Å². The monoisotopic (exact) mass is 263 g/mol. The van der Waals surface area contributed by atoms with Crippen molar-refractivity contribution in [3.05, 3.63) is 17.7 Å². The van der Waals surface area contributed by atoms with Crippen LogP contribution in [0.1, 0.15) is 10.4 Å². The van der Waals surface area contributed by atoms with Gasteiger partial charge in [0.1, 0.15) is 0 Å². The van der Waals surface area contributed by atoms with Crippen LogP contribution in [0.4, 0.5) is 0 Å². The largest absolute Gasteiger partial charge is 0.493 e. The summed E-state index contributed by atoms with van der Waals surface area (Å²) in [6.45, 7) is 0. The molecule has 0 unspecified atom stereocenters. The molecule has 0 aliphatic heterocycles. The standard InChI is InChI=1S/C14H17NO4/c1-15(2)7-6-11(16)10-8-12(17-3)14(19-5)13(9-10)18-4/h8-9H,1-5H3. The summed E-state index contributed by atoms with van der Waals surface area (Å²) in [6, 6.07) is 5.82. The number of carbonyl (C=O) groups is 1. The second-order valence-corrected chi connectivity index (χ2v) is 3.87. The fourth-order valence-corrected chi connectivity index (χ4v) is 1.45. The van der Waals surface area contributed by atoms with Crippen LogP contribution in [0.3, 0.4) is 0 Å². The first-order valence-electron chi connectivity index (χ1n) is 5.56. The molecule has 0 bridgehead atoms. The number of nitrogens with zero attached hydrogens (tertiary/aromatic N) is 1. The molecule has 0 aliphatic carbocycles. The van der Waals surface area contributed by atoms with Gasteiger partial charge in [-0.05, 0) is 18.1 Å². The Morgan fingerprint density at radius 2 is 1.58 bits per heavy atom. The summed E-state index contributed by atoms with van der Waals surface area (Å²) in [5.41, 5.74) is 0.392. The zero-order chi connectivity index (χ0) is 14.4. The lowest BCUT2D eigenvalue weighted by Gasteiger charge is -2.12. The quantitative estimate of drug-likeness (QED) is 0.467. The number of carbonyl (C=O) groups excluding carboxylic acids is 1. The van der Waals surface area contributed by atoms with E-state index in [0.717, 1.165) is 0 Å². The number of hydrogen-bond donors (Lipinski definition) is 0. The van der Waals surface area contributed by atoms with Crippen molar-refractivity contribution >= 4 is 5.78 Å². The summed E-state index contributed by atoms with van der Waals surface area (Å²) < 4.78 is 15.5. The minimum Gasteiger partial charge on any atom is -0.493 e. The normalized spacial score (nSPS) is 9.11. The predicted octanol–water partition coefficient (Wildman–Crippen LogP) is 1.42. The lowest BCUT2D eigenvalue weighted by Crippen LogP contribution is -2.04. The van der Waals surface area contributed by atoms with Crippen LogP contribution in [0.5, 0.6) is 17.2 Å². The fourth-order valence-electron chi connectivity index (χ4n) is 1.45. The lowest BCUT2D eigenvalue weighted by molar-refractivity contribution is 0.105. The third kappa shape index (κ3) is 3.55. The number of Topliss-reactive ketones (excluding diaryl/α,β-unsaturated/α-hetero) is 1.